The van der Waals surface area contributed by atoms with Crippen molar-refractivity contribution in [3.05, 3.63) is 54.6 Å². The van der Waals surface area contributed by atoms with E-state index in [9.17, 15) is 4.79 Å². The van der Waals surface area contributed by atoms with Crippen LogP contribution in [0.1, 0.15) is 38.1 Å². The molecule has 35 heavy (non-hydrogen) atoms. The number of para-hydroxylation sites is 1. The van der Waals surface area contributed by atoms with Crippen molar-refractivity contribution < 1.29 is 9.53 Å². The maximum atomic E-state index is 13.1. The Labute approximate surface area is 211 Å². The van der Waals surface area contributed by atoms with Gasteiger partial charge in [0.1, 0.15) is 5.75 Å². The van der Waals surface area contributed by atoms with E-state index >= 15 is 0 Å². The number of thioether (sulfide) groups is 1. The lowest BCUT2D eigenvalue weighted by Crippen LogP contribution is -2.49. The fourth-order valence-corrected chi connectivity index (χ4v) is 5.96. The molecule has 2 fully saturated rings. The summed E-state index contributed by atoms with van der Waals surface area (Å²) in [6, 6.07) is 18.8. The summed E-state index contributed by atoms with van der Waals surface area (Å²) in [4.78, 5) is 17.4. The molecule has 1 saturated heterocycles. The molecule has 1 amide bonds. The fraction of sp³-hybridized carbons (Fsp3) is 0.444. The van der Waals surface area contributed by atoms with Gasteiger partial charge in [0, 0.05) is 43.5 Å². The van der Waals surface area contributed by atoms with Crippen LogP contribution < -0.4 is 9.64 Å². The Kier molecular flexibility index (Phi) is 7.57. The summed E-state index contributed by atoms with van der Waals surface area (Å²) in [5.41, 5.74) is 2.25. The summed E-state index contributed by atoms with van der Waals surface area (Å²) in [6.07, 6.45) is 5.99. The van der Waals surface area contributed by atoms with Gasteiger partial charge in [-0.3, -0.25) is 9.36 Å². The number of rotatable bonds is 7. The van der Waals surface area contributed by atoms with E-state index in [0.717, 1.165) is 61.3 Å². The third-order valence-corrected chi connectivity index (χ3v) is 7.96. The topological polar surface area (TPSA) is 63.5 Å². The van der Waals surface area contributed by atoms with Crippen molar-refractivity contribution in [1.82, 2.24) is 19.7 Å². The van der Waals surface area contributed by atoms with Crippen LogP contribution >= 0.6 is 11.8 Å². The first kappa shape index (κ1) is 23.7. The van der Waals surface area contributed by atoms with E-state index in [1.54, 1.807) is 7.11 Å². The lowest BCUT2D eigenvalue weighted by atomic mass is 9.95. The van der Waals surface area contributed by atoms with Crippen molar-refractivity contribution >= 4 is 23.4 Å². The van der Waals surface area contributed by atoms with E-state index < -0.39 is 0 Å². The standard InChI is InChI=1S/C27H33N5O2S/c1-34-24-14-12-21(13-15-24)26-28-29-27(32(26)23-10-6-3-7-11-23)35-20-25(33)31-18-16-30(17-19-31)22-8-4-2-5-9-22/h2,4-5,8-9,12-15,23H,3,6-7,10-11,16-20H2,1H3. The van der Waals surface area contributed by atoms with Crippen LogP contribution in [0.25, 0.3) is 11.4 Å². The van der Waals surface area contributed by atoms with Crippen molar-refractivity contribution in [3.63, 3.8) is 0 Å². The van der Waals surface area contributed by atoms with Crippen molar-refractivity contribution in [2.24, 2.45) is 0 Å². The maximum absolute atomic E-state index is 13.1. The highest BCUT2D eigenvalue weighted by Gasteiger charge is 2.26. The van der Waals surface area contributed by atoms with Gasteiger partial charge in [0.2, 0.25) is 5.91 Å². The minimum atomic E-state index is 0.173. The molecule has 0 unspecified atom stereocenters. The molecule has 2 heterocycles. The summed E-state index contributed by atoms with van der Waals surface area (Å²) in [5.74, 6) is 2.27. The Morgan fingerprint density at radius 2 is 1.66 bits per heavy atom. The van der Waals surface area contributed by atoms with Crippen molar-refractivity contribution in [3.8, 4) is 17.1 Å². The molecule has 0 atom stereocenters. The zero-order valence-corrected chi connectivity index (χ0v) is 21.1. The molecule has 2 aliphatic rings. The third-order valence-electron chi connectivity index (χ3n) is 7.03. The van der Waals surface area contributed by atoms with Crippen molar-refractivity contribution in [1.29, 1.82) is 0 Å². The summed E-state index contributed by atoms with van der Waals surface area (Å²) in [6.45, 7) is 3.22. The lowest BCUT2D eigenvalue weighted by molar-refractivity contribution is -0.128. The molecule has 0 N–H and O–H groups in total. The Balaban J connectivity index is 1.26. The number of carbonyl (C=O) groups excluding carboxylic acids is 1. The van der Waals surface area contributed by atoms with E-state index in [1.807, 2.05) is 35.2 Å². The fourth-order valence-electron chi connectivity index (χ4n) is 5.05. The number of hydrogen-bond donors (Lipinski definition) is 0. The van der Waals surface area contributed by atoms with Gasteiger partial charge in [-0.1, -0.05) is 49.2 Å². The van der Waals surface area contributed by atoms with Gasteiger partial charge in [-0.25, -0.2) is 0 Å². The molecule has 7 nitrogen and oxygen atoms in total. The molecule has 1 aromatic heterocycles. The second-order valence-corrected chi connectivity index (χ2v) is 10.1. The van der Waals surface area contributed by atoms with Gasteiger partial charge in [0.15, 0.2) is 11.0 Å². The highest BCUT2D eigenvalue weighted by molar-refractivity contribution is 7.99. The average Bonchev–Trinajstić information content (AvgIpc) is 3.37. The van der Waals surface area contributed by atoms with E-state index in [1.165, 1.54) is 36.7 Å². The van der Waals surface area contributed by atoms with Gasteiger partial charge in [-0.2, -0.15) is 0 Å². The number of ether oxygens (including phenoxy) is 1. The molecule has 2 aromatic carbocycles. The Morgan fingerprint density at radius 1 is 0.943 bits per heavy atom. The third kappa shape index (κ3) is 5.48. The van der Waals surface area contributed by atoms with Crippen LogP contribution in [-0.4, -0.2) is 64.6 Å². The number of nitrogens with zero attached hydrogens (tertiary/aromatic N) is 5. The van der Waals surface area contributed by atoms with Gasteiger partial charge in [-0.15, -0.1) is 10.2 Å². The number of hydrogen-bond acceptors (Lipinski definition) is 6. The van der Waals surface area contributed by atoms with Crippen molar-refractivity contribution in [2.45, 2.75) is 43.3 Å². The van der Waals surface area contributed by atoms with Crippen LogP contribution in [0.2, 0.25) is 0 Å². The van der Waals surface area contributed by atoms with E-state index in [-0.39, 0.29) is 5.91 Å². The summed E-state index contributed by atoms with van der Waals surface area (Å²) in [7, 11) is 1.67. The van der Waals surface area contributed by atoms with Gasteiger partial charge in [0.25, 0.3) is 0 Å². The molecule has 1 aliphatic carbocycles. The number of piperazine rings is 1. The second kappa shape index (κ2) is 11.2. The highest BCUT2D eigenvalue weighted by Crippen LogP contribution is 2.36. The van der Waals surface area contributed by atoms with Crippen LogP contribution in [-0.2, 0) is 4.79 Å². The Morgan fingerprint density at radius 3 is 2.34 bits per heavy atom. The first-order chi connectivity index (χ1) is 17.2. The molecule has 8 heteroatoms. The first-order valence-corrected chi connectivity index (χ1v) is 13.5. The average molecular weight is 492 g/mol. The highest BCUT2D eigenvalue weighted by atomic mass is 32.2. The van der Waals surface area contributed by atoms with Gasteiger partial charge < -0.3 is 14.5 Å². The Bertz CT molecular complexity index is 1100. The minimum Gasteiger partial charge on any atom is -0.497 e. The van der Waals surface area contributed by atoms with E-state index in [4.69, 9.17) is 4.74 Å². The van der Waals surface area contributed by atoms with Gasteiger partial charge in [0.05, 0.1) is 12.9 Å². The maximum Gasteiger partial charge on any atom is 0.233 e. The van der Waals surface area contributed by atoms with Crippen LogP contribution in [0.5, 0.6) is 5.75 Å². The van der Waals surface area contributed by atoms with E-state index in [2.05, 4.69) is 43.9 Å². The summed E-state index contributed by atoms with van der Waals surface area (Å²) in [5, 5.41) is 9.96. The minimum absolute atomic E-state index is 0.173. The normalized spacial score (nSPS) is 16.9. The predicted molar refractivity (Wildman–Crippen MR) is 140 cm³/mol. The van der Waals surface area contributed by atoms with Crippen LogP contribution in [0.4, 0.5) is 5.69 Å². The summed E-state index contributed by atoms with van der Waals surface area (Å²) >= 11 is 1.52. The SMILES string of the molecule is COc1ccc(-c2nnc(SCC(=O)N3CCN(c4ccccc4)CC3)n2C2CCCCC2)cc1. The van der Waals surface area contributed by atoms with Crippen LogP contribution in [0.15, 0.2) is 59.8 Å². The number of methoxy groups -OCH3 is 1. The first-order valence-electron chi connectivity index (χ1n) is 12.5. The second-order valence-electron chi connectivity index (χ2n) is 9.19. The molecule has 0 spiro atoms. The lowest BCUT2D eigenvalue weighted by Gasteiger charge is -2.36. The number of amides is 1. The Hall–Kier alpha value is -3.00. The van der Waals surface area contributed by atoms with Crippen LogP contribution in [0, 0.1) is 0 Å². The molecule has 3 aromatic rings. The largest absolute Gasteiger partial charge is 0.497 e. The molecule has 184 valence electrons. The van der Waals surface area contributed by atoms with Crippen molar-refractivity contribution in [2.75, 3.05) is 43.9 Å². The number of benzene rings is 2. The van der Waals surface area contributed by atoms with Crippen LogP contribution in [0.3, 0.4) is 0 Å². The molecular weight excluding hydrogens is 458 g/mol. The zero-order valence-electron chi connectivity index (χ0n) is 20.3. The molecule has 5 rings (SSSR count). The monoisotopic (exact) mass is 491 g/mol. The predicted octanol–water partition coefficient (Wildman–Crippen LogP) is 4.90. The van der Waals surface area contributed by atoms with Gasteiger partial charge >= 0.3 is 0 Å². The number of aromatic nitrogens is 3. The van der Waals surface area contributed by atoms with Gasteiger partial charge in [-0.05, 0) is 49.2 Å². The molecule has 1 aliphatic heterocycles. The molecule has 0 bridgehead atoms. The molecular formula is C27H33N5O2S. The number of anilines is 1. The zero-order chi connectivity index (χ0) is 24.0. The van der Waals surface area contributed by atoms with E-state index in [0.29, 0.717) is 11.8 Å². The molecule has 0 radical (unpaired) electrons. The quantitative estimate of drug-likeness (QED) is 0.438. The smallest absolute Gasteiger partial charge is 0.233 e. The number of carbonyl (C=O) groups is 1. The summed E-state index contributed by atoms with van der Waals surface area (Å²) < 4.78 is 7.60. The molecule has 1 saturated carbocycles.